The monoisotopic (exact) mass is 500 g/mol. The molecule has 28 heavy (non-hydrogen) atoms. The number of nitrogens with zero attached hydrogens (tertiary/aromatic N) is 2. The first kappa shape index (κ1) is 24.3. The quantitative estimate of drug-likeness (QED) is 0.310. The standard InChI is InChI=1S/C21H32N4O2.HI/c1-6-25(7-2)18(19-9-8-12-27-19)15-24-21(22-4)23-14-17-11-10-16(3)13-20(17)26-5;/h8-13,18H,6-7,14-15H2,1-5H3,(H2,22,23,24);1H. The van der Waals surface area contributed by atoms with Crippen molar-refractivity contribution >= 4 is 29.9 Å². The maximum atomic E-state index is 5.66. The van der Waals surface area contributed by atoms with Crippen LogP contribution in [0.5, 0.6) is 5.75 Å². The second kappa shape index (κ2) is 12.7. The van der Waals surface area contributed by atoms with Crippen molar-refractivity contribution < 1.29 is 9.15 Å². The first-order chi connectivity index (χ1) is 13.1. The molecule has 0 aliphatic carbocycles. The second-order valence-corrected chi connectivity index (χ2v) is 6.37. The van der Waals surface area contributed by atoms with Crippen molar-refractivity contribution in [3.63, 3.8) is 0 Å². The summed E-state index contributed by atoms with van der Waals surface area (Å²) in [5.74, 6) is 2.60. The van der Waals surface area contributed by atoms with Crippen molar-refractivity contribution in [2.45, 2.75) is 33.4 Å². The fraction of sp³-hybridized carbons (Fsp3) is 0.476. The van der Waals surface area contributed by atoms with E-state index in [1.54, 1.807) is 20.4 Å². The summed E-state index contributed by atoms with van der Waals surface area (Å²) < 4.78 is 11.1. The molecule has 6 nitrogen and oxygen atoms in total. The highest BCUT2D eigenvalue weighted by Gasteiger charge is 2.20. The Hall–Kier alpha value is -1.74. The van der Waals surface area contributed by atoms with Gasteiger partial charge in [0.15, 0.2) is 5.96 Å². The van der Waals surface area contributed by atoms with Gasteiger partial charge in [0.2, 0.25) is 0 Å². The Balaban J connectivity index is 0.00000392. The number of nitrogens with one attached hydrogen (secondary N) is 2. The van der Waals surface area contributed by atoms with Crippen LogP contribution in [0.25, 0.3) is 0 Å². The minimum atomic E-state index is 0. The molecule has 2 N–H and O–H groups in total. The van der Waals surface area contributed by atoms with Gasteiger partial charge in [-0.25, -0.2) is 0 Å². The average Bonchev–Trinajstić information content (AvgIpc) is 3.22. The van der Waals surface area contributed by atoms with Crippen LogP contribution in [0.2, 0.25) is 0 Å². The van der Waals surface area contributed by atoms with E-state index < -0.39 is 0 Å². The van der Waals surface area contributed by atoms with Crippen molar-refractivity contribution in [1.82, 2.24) is 15.5 Å². The van der Waals surface area contributed by atoms with E-state index in [1.807, 2.05) is 18.2 Å². The summed E-state index contributed by atoms with van der Waals surface area (Å²) in [4.78, 5) is 6.71. The van der Waals surface area contributed by atoms with Gasteiger partial charge in [-0.05, 0) is 43.8 Å². The van der Waals surface area contributed by atoms with Crippen molar-refractivity contribution in [3.05, 3.63) is 53.5 Å². The van der Waals surface area contributed by atoms with Gasteiger partial charge in [-0.15, -0.1) is 24.0 Å². The van der Waals surface area contributed by atoms with Crippen LogP contribution in [0.4, 0.5) is 0 Å². The van der Waals surface area contributed by atoms with E-state index in [9.17, 15) is 0 Å². The third-order valence-corrected chi connectivity index (χ3v) is 4.70. The molecule has 0 saturated heterocycles. The number of ether oxygens (including phenoxy) is 1. The lowest BCUT2D eigenvalue weighted by Gasteiger charge is -2.28. The molecular formula is C21H33IN4O2. The van der Waals surface area contributed by atoms with E-state index in [0.717, 1.165) is 36.1 Å². The van der Waals surface area contributed by atoms with Gasteiger partial charge in [-0.1, -0.05) is 26.0 Å². The molecule has 1 atom stereocenters. The topological polar surface area (TPSA) is 62.0 Å². The van der Waals surface area contributed by atoms with Crippen LogP contribution in [0.1, 0.15) is 36.8 Å². The Morgan fingerprint density at radius 3 is 2.54 bits per heavy atom. The van der Waals surface area contributed by atoms with Gasteiger partial charge in [-0.2, -0.15) is 0 Å². The normalized spacial score (nSPS) is 12.4. The lowest BCUT2D eigenvalue weighted by molar-refractivity contribution is 0.193. The molecule has 0 fully saturated rings. The molecule has 0 radical (unpaired) electrons. The van der Waals surface area contributed by atoms with E-state index in [0.29, 0.717) is 13.1 Å². The molecule has 0 amide bonds. The summed E-state index contributed by atoms with van der Waals surface area (Å²) in [7, 11) is 3.48. The number of guanidine groups is 1. The van der Waals surface area contributed by atoms with Gasteiger partial charge >= 0.3 is 0 Å². The first-order valence-corrected chi connectivity index (χ1v) is 9.48. The largest absolute Gasteiger partial charge is 0.496 e. The molecule has 0 spiro atoms. The Morgan fingerprint density at radius 1 is 1.21 bits per heavy atom. The number of furan rings is 1. The van der Waals surface area contributed by atoms with E-state index in [4.69, 9.17) is 9.15 Å². The number of hydrogen-bond acceptors (Lipinski definition) is 4. The lowest BCUT2D eigenvalue weighted by Crippen LogP contribution is -2.43. The van der Waals surface area contributed by atoms with Crippen LogP contribution in [0, 0.1) is 6.92 Å². The predicted molar refractivity (Wildman–Crippen MR) is 126 cm³/mol. The molecule has 0 saturated carbocycles. The van der Waals surface area contributed by atoms with Crippen LogP contribution in [-0.4, -0.2) is 44.7 Å². The third kappa shape index (κ3) is 6.70. The molecular weight excluding hydrogens is 467 g/mol. The summed E-state index contributed by atoms with van der Waals surface area (Å²) >= 11 is 0. The van der Waals surface area contributed by atoms with Crippen molar-refractivity contribution in [3.8, 4) is 5.75 Å². The molecule has 0 aliphatic rings. The number of methoxy groups -OCH3 is 1. The van der Waals surface area contributed by atoms with Crippen LogP contribution in [-0.2, 0) is 6.54 Å². The average molecular weight is 500 g/mol. The minimum absolute atomic E-state index is 0. The first-order valence-electron chi connectivity index (χ1n) is 9.48. The molecule has 1 aromatic heterocycles. The van der Waals surface area contributed by atoms with E-state index in [-0.39, 0.29) is 30.0 Å². The Labute approximate surface area is 185 Å². The number of hydrogen-bond donors (Lipinski definition) is 2. The van der Waals surface area contributed by atoms with Crippen molar-refractivity contribution in [1.29, 1.82) is 0 Å². The summed E-state index contributed by atoms with van der Waals surface area (Å²) in [5.41, 5.74) is 2.27. The zero-order chi connectivity index (χ0) is 19.6. The maximum Gasteiger partial charge on any atom is 0.191 e. The Bertz CT molecular complexity index is 715. The van der Waals surface area contributed by atoms with Gasteiger partial charge in [0, 0.05) is 25.7 Å². The number of benzene rings is 1. The molecule has 0 aliphatic heterocycles. The SMILES string of the molecule is CCN(CC)C(CNC(=NC)NCc1ccc(C)cc1OC)c1ccco1.I. The zero-order valence-electron chi connectivity index (χ0n) is 17.5. The Morgan fingerprint density at radius 2 is 1.96 bits per heavy atom. The second-order valence-electron chi connectivity index (χ2n) is 6.37. The van der Waals surface area contributed by atoms with E-state index >= 15 is 0 Å². The fourth-order valence-corrected chi connectivity index (χ4v) is 3.15. The van der Waals surface area contributed by atoms with Crippen LogP contribution < -0.4 is 15.4 Å². The molecule has 1 heterocycles. The number of likely N-dealkylation sites (N-methyl/N-ethyl adjacent to an activating group) is 1. The molecule has 156 valence electrons. The summed E-state index contributed by atoms with van der Waals surface area (Å²) in [6.07, 6.45) is 1.72. The highest BCUT2D eigenvalue weighted by atomic mass is 127. The summed E-state index contributed by atoms with van der Waals surface area (Å²) in [6.45, 7) is 9.64. The van der Waals surface area contributed by atoms with Crippen molar-refractivity contribution in [2.24, 2.45) is 4.99 Å². The van der Waals surface area contributed by atoms with Gasteiger partial charge in [0.05, 0.1) is 19.4 Å². The molecule has 0 bridgehead atoms. The van der Waals surface area contributed by atoms with Gasteiger partial charge in [0.1, 0.15) is 11.5 Å². The fourth-order valence-electron chi connectivity index (χ4n) is 3.15. The molecule has 7 heteroatoms. The van der Waals surface area contributed by atoms with Gasteiger partial charge in [-0.3, -0.25) is 9.89 Å². The van der Waals surface area contributed by atoms with E-state index in [1.165, 1.54) is 5.56 Å². The molecule has 1 aromatic carbocycles. The summed E-state index contributed by atoms with van der Waals surface area (Å²) in [6, 6.07) is 10.3. The summed E-state index contributed by atoms with van der Waals surface area (Å²) in [5, 5.41) is 6.79. The van der Waals surface area contributed by atoms with Gasteiger partial charge in [0.25, 0.3) is 0 Å². The number of aryl methyl sites for hydroxylation is 1. The predicted octanol–water partition coefficient (Wildman–Crippen LogP) is 3.96. The number of aliphatic imine (C=N–C) groups is 1. The van der Waals surface area contributed by atoms with Crippen molar-refractivity contribution in [2.75, 3.05) is 33.8 Å². The highest BCUT2D eigenvalue weighted by molar-refractivity contribution is 14.0. The molecule has 2 aromatic rings. The number of rotatable bonds is 9. The van der Waals surface area contributed by atoms with Gasteiger partial charge < -0.3 is 19.8 Å². The third-order valence-electron chi connectivity index (χ3n) is 4.70. The maximum absolute atomic E-state index is 5.66. The van der Waals surface area contributed by atoms with Crippen LogP contribution in [0.3, 0.4) is 0 Å². The van der Waals surface area contributed by atoms with Crippen LogP contribution in [0.15, 0.2) is 46.0 Å². The molecule has 1 unspecified atom stereocenters. The minimum Gasteiger partial charge on any atom is -0.496 e. The lowest BCUT2D eigenvalue weighted by atomic mass is 10.1. The molecule has 2 rings (SSSR count). The van der Waals surface area contributed by atoms with Crippen LogP contribution >= 0.6 is 24.0 Å². The Kier molecular flexibility index (Phi) is 11.0. The van der Waals surface area contributed by atoms with E-state index in [2.05, 4.69) is 53.4 Å². The highest BCUT2D eigenvalue weighted by Crippen LogP contribution is 2.21. The number of halogens is 1. The zero-order valence-corrected chi connectivity index (χ0v) is 19.8. The smallest absolute Gasteiger partial charge is 0.191 e.